The number of halogens is 2. The Morgan fingerprint density at radius 2 is 2.00 bits per heavy atom. The molecule has 1 aromatic carbocycles. The van der Waals surface area contributed by atoms with Crippen LogP contribution in [0.4, 0.5) is 4.39 Å². The van der Waals surface area contributed by atoms with Crippen molar-refractivity contribution in [1.29, 1.82) is 0 Å². The normalized spacial score (nSPS) is 10.8. The molecule has 0 aromatic heterocycles. The van der Waals surface area contributed by atoms with Crippen molar-refractivity contribution in [2.75, 3.05) is 19.7 Å². The summed E-state index contributed by atoms with van der Waals surface area (Å²) in [7, 11) is 0. The van der Waals surface area contributed by atoms with E-state index in [1.807, 2.05) is 0 Å². The maximum atomic E-state index is 12.7. The van der Waals surface area contributed by atoms with Crippen LogP contribution in [-0.2, 0) is 0 Å². The quantitative estimate of drug-likeness (QED) is 0.308. The minimum Gasteiger partial charge on any atom is -0.494 e. The number of benzene rings is 1. The van der Waals surface area contributed by atoms with Crippen molar-refractivity contribution in [3.05, 3.63) is 30.1 Å². The minimum absolute atomic E-state index is 0. The largest absolute Gasteiger partial charge is 0.494 e. The number of hydrogen-bond donors (Lipinski definition) is 2. The molecule has 0 saturated heterocycles. The summed E-state index contributed by atoms with van der Waals surface area (Å²) >= 11 is 0. The highest BCUT2D eigenvalue weighted by atomic mass is 127. The Balaban J connectivity index is 0.00000361. The molecular weight excluding hydrogens is 372 g/mol. The first-order valence-corrected chi connectivity index (χ1v) is 6.64. The lowest BCUT2D eigenvalue weighted by Gasteiger charge is -2.07. The number of aliphatic imine (C=N–C) groups is 1. The summed E-state index contributed by atoms with van der Waals surface area (Å²) in [6.07, 6.45) is 2.85. The van der Waals surface area contributed by atoms with Gasteiger partial charge in [-0.15, -0.1) is 24.0 Å². The second-order valence-corrected chi connectivity index (χ2v) is 4.20. The SMILES string of the molecule is CCCN=C(N)NCCCCOc1ccc(F)cc1.I. The molecule has 0 aliphatic carbocycles. The number of hydrogen-bond acceptors (Lipinski definition) is 2. The van der Waals surface area contributed by atoms with Gasteiger partial charge < -0.3 is 15.8 Å². The summed E-state index contributed by atoms with van der Waals surface area (Å²) in [4.78, 5) is 4.13. The Kier molecular flexibility index (Phi) is 11.1. The van der Waals surface area contributed by atoms with Crippen LogP contribution in [0.5, 0.6) is 5.75 Å². The van der Waals surface area contributed by atoms with Crippen LogP contribution in [0.3, 0.4) is 0 Å². The highest BCUT2D eigenvalue weighted by Crippen LogP contribution is 2.11. The van der Waals surface area contributed by atoms with Gasteiger partial charge in [0.25, 0.3) is 0 Å². The molecule has 0 amide bonds. The lowest BCUT2D eigenvalue weighted by Crippen LogP contribution is -2.32. The summed E-state index contributed by atoms with van der Waals surface area (Å²) in [5.74, 6) is 0.943. The topological polar surface area (TPSA) is 59.6 Å². The zero-order valence-electron chi connectivity index (χ0n) is 11.8. The monoisotopic (exact) mass is 395 g/mol. The summed E-state index contributed by atoms with van der Waals surface area (Å²) < 4.78 is 18.1. The zero-order chi connectivity index (χ0) is 13.9. The van der Waals surface area contributed by atoms with E-state index in [0.717, 1.165) is 32.4 Å². The third-order valence-corrected chi connectivity index (χ3v) is 2.47. The predicted octanol–water partition coefficient (Wildman–Crippen LogP) is 2.92. The molecule has 0 fully saturated rings. The number of rotatable bonds is 8. The van der Waals surface area contributed by atoms with Crippen molar-refractivity contribution in [3.8, 4) is 5.75 Å². The number of nitrogens with one attached hydrogen (secondary N) is 1. The van der Waals surface area contributed by atoms with Gasteiger partial charge in [-0.25, -0.2) is 4.39 Å². The van der Waals surface area contributed by atoms with E-state index in [-0.39, 0.29) is 29.8 Å². The van der Waals surface area contributed by atoms with E-state index in [2.05, 4.69) is 17.2 Å². The van der Waals surface area contributed by atoms with Crippen LogP contribution in [-0.4, -0.2) is 25.7 Å². The van der Waals surface area contributed by atoms with Gasteiger partial charge in [0, 0.05) is 13.1 Å². The molecule has 3 N–H and O–H groups in total. The van der Waals surface area contributed by atoms with Gasteiger partial charge in [-0.3, -0.25) is 4.99 Å². The standard InChI is InChI=1S/C14H22FN3O.HI/c1-2-9-17-14(16)18-10-3-4-11-19-13-7-5-12(15)6-8-13;/h5-8H,2-4,9-11H2,1H3,(H3,16,17,18);1H. The van der Waals surface area contributed by atoms with Gasteiger partial charge in [0.1, 0.15) is 11.6 Å². The van der Waals surface area contributed by atoms with Crippen molar-refractivity contribution >= 4 is 29.9 Å². The lowest BCUT2D eigenvalue weighted by atomic mass is 10.3. The summed E-state index contributed by atoms with van der Waals surface area (Å²) in [6.45, 7) is 4.21. The van der Waals surface area contributed by atoms with E-state index in [4.69, 9.17) is 10.5 Å². The van der Waals surface area contributed by atoms with E-state index < -0.39 is 0 Å². The van der Waals surface area contributed by atoms with Gasteiger partial charge in [-0.05, 0) is 43.5 Å². The van der Waals surface area contributed by atoms with Gasteiger partial charge in [0.2, 0.25) is 0 Å². The predicted molar refractivity (Wildman–Crippen MR) is 91.3 cm³/mol. The van der Waals surface area contributed by atoms with Crippen molar-refractivity contribution in [1.82, 2.24) is 5.32 Å². The summed E-state index contributed by atoms with van der Waals surface area (Å²) in [6, 6.07) is 6.04. The maximum Gasteiger partial charge on any atom is 0.188 e. The summed E-state index contributed by atoms with van der Waals surface area (Å²) in [5.41, 5.74) is 5.65. The Morgan fingerprint density at radius 1 is 1.30 bits per heavy atom. The molecule has 114 valence electrons. The van der Waals surface area contributed by atoms with E-state index in [1.54, 1.807) is 12.1 Å². The average molecular weight is 395 g/mol. The molecule has 0 bridgehead atoms. The van der Waals surface area contributed by atoms with Crippen molar-refractivity contribution in [2.24, 2.45) is 10.7 Å². The van der Waals surface area contributed by atoms with Crippen LogP contribution in [0.15, 0.2) is 29.3 Å². The molecule has 0 aliphatic heterocycles. The molecule has 0 unspecified atom stereocenters. The Bertz CT molecular complexity index is 385. The Hall–Kier alpha value is -1.05. The lowest BCUT2D eigenvalue weighted by molar-refractivity contribution is 0.306. The van der Waals surface area contributed by atoms with Crippen LogP contribution >= 0.6 is 24.0 Å². The third kappa shape index (κ3) is 8.95. The highest BCUT2D eigenvalue weighted by molar-refractivity contribution is 14.0. The molecule has 0 heterocycles. The second kappa shape index (κ2) is 11.7. The molecule has 4 nitrogen and oxygen atoms in total. The molecule has 1 rings (SSSR count). The number of nitrogens with zero attached hydrogens (tertiary/aromatic N) is 1. The molecule has 20 heavy (non-hydrogen) atoms. The molecule has 1 aromatic rings. The Labute approximate surface area is 137 Å². The molecule has 0 aliphatic rings. The van der Waals surface area contributed by atoms with Gasteiger partial charge >= 0.3 is 0 Å². The fraction of sp³-hybridized carbons (Fsp3) is 0.500. The maximum absolute atomic E-state index is 12.7. The number of nitrogens with two attached hydrogens (primary N) is 1. The first kappa shape index (κ1) is 18.9. The summed E-state index contributed by atoms with van der Waals surface area (Å²) in [5, 5.41) is 3.05. The molecule has 0 radical (unpaired) electrons. The first-order valence-electron chi connectivity index (χ1n) is 6.64. The van der Waals surface area contributed by atoms with E-state index >= 15 is 0 Å². The fourth-order valence-corrected chi connectivity index (χ4v) is 1.45. The third-order valence-electron chi connectivity index (χ3n) is 2.47. The van der Waals surface area contributed by atoms with E-state index in [0.29, 0.717) is 18.3 Å². The fourth-order valence-electron chi connectivity index (χ4n) is 1.45. The van der Waals surface area contributed by atoms with Gasteiger partial charge in [-0.1, -0.05) is 6.92 Å². The second-order valence-electron chi connectivity index (χ2n) is 4.20. The van der Waals surface area contributed by atoms with Crippen molar-refractivity contribution < 1.29 is 9.13 Å². The molecular formula is C14H23FIN3O. The number of ether oxygens (including phenoxy) is 1. The van der Waals surface area contributed by atoms with Crippen molar-refractivity contribution in [3.63, 3.8) is 0 Å². The number of guanidine groups is 1. The highest BCUT2D eigenvalue weighted by Gasteiger charge is 1.95. The molecule has 0 spiro atoms. The van der Waals surface area contributed by atoms with Crippen LogP contribution in [0, 0.1) is 5.82 Å². The molecule has 0 saturated carbocycles. The van der Waals surface area contributed by atoms with Gasteiger partial charge in [0.15, 0.2) is 5.96 Å². The van der Waals surface area contributed by atoms with Crippen LogP contribution < -0.4 is 15.8 Å². The van der Waals surface area contributed by atoms with Crippen LogP contribution in [0.2, 0.25) is 0 Å². The average Bonchev–Trinajstić information content (AvgIpc) is 2.42. The number of unbranched alkanes of at least 4 members (excludes halogenated alkanes) is 1. The smallest absolute Gasteiger partial charge is 0.188 e. The van der Waals surface area contributed by atoms with Crippen LogP contribution in [0.25, 0.3) is 0 Å². The van der Waals surface area contributed by atoms with E-state index in [1.165, 1.54) is 12.1 Å². The van der Waals surface area contributed by atoms with Crippen molar-refractivity contribution in [2.45, 2.75) is 26.2 Å². The minimum atomic E-state index is -0.251. The van der Waals surface area contributed by atoms with E-state index in [9.17, 15) is 4.39 Å². The Morgan fingerprint density at radius 3 is 2.65 bits per heavy atom. The first-order chi connectivity index (χ1) is 9.22. The van der Waals surface area contributed by atoms with Gasteiger partial charge in [0.05, 0.1) is 6.61 Å². The molecule has 6 heteroatoms. The zero-order valence-corrected chi connectivity index (χ0v) is 14.1. The van der Waals surface area contributed by atoms with Gasteiger partial charge in [-0.2, -0.15) is 0 Å². The molecule has 0 atom stereocenters. The van der Waals surface area contributed by atoms with Crippen LogP contribution in [0.1, 0.15) is 26.2 Å².